The highest BCUT2D eigenvalue weighted by molar-refractivity contribution is 6.30. The number of esters is 1. The fourth-order valence-corrected chi connectivity index (χ4v) is 3.14. The average Bonchev–Trinajstić information content (AvgIpc) is 2.90. The molecule has 1 atom stereocenters. The summed E-state index contributed by atoms with van der Waals surface area (Å²) in [6.45, 7) is 1.30. The zero-order valence-electron chi connectivity index (χ0n) is 15.5. The Bertz CT molecular complexity index is 870. The number of carbonyl (C=O) groups excluding carboxylic acids is 3. The van der Waals surface area contributed by atoms with Crippen molar-refractivity contribution in [3.05, 3.63) is 70.7 Å². The molecule has 2 aromatic carbocycles. The number of nitrogens with one attached hydrogen (secondary N) is 1. The van der Waals surface area contributed by atoms with Crippen molar-refractivity contribution in [2.24, 2.45) is 0 Å². The maximum absolute atomic E-state index is 12.7. The molecule has 0 aromatic heterocycles. The van der Waals surface area contributed by atoms with Crippen LogP contribution in [0.3, 0.4) is 0 Å². The number of benzene rings is 2. The predicted octanol–water partition coefficient (Wildman–Crippen LogP) is 3.33. The van der Waals surface area contributed by atoms with E-state index in [1.54, 1.807) is 31.2 Å². The van der Waals surface area contributed by atoms with Crippen LogP contribution in [0.25, 0.3) is 0 Å². The third kappa shape index (κ3) is 4.70. The van der Waals surface area contributed by atoms with E-state index in [1.807, 2.05) is 30.3 Å². The molecule has 28 heavy (non-hydrogen) atoms. The van der Waals surface area contributed by atoms with Crippen LogP contribution in [0.15, 0.2) is 54.6 Å². The van der Waals surface area contributed by atoms with Gasteiger partial charge in [-0.25, -0.2) is 4.79 Å². The molecule has 7 heteroatoms. The molecule has 1 N–H and O–H groups in total. The summed E-state index contributed by atoms with van der Waals surface area (Å²) in [6, 6.07) is 16.0. The third-order valence-electron chi connectivity index (χ3n) is 4.70. The first-order chi connectivity index (χ1) is 13.4. The lowest BCUT2D eigenvalue weighted by molar-refractivity contribution is -0.148. The topological polar surface area (TPSA) is 75.7 Å². The van der Waals surface area contributed by atoms with Gasteiger partial charge in [0, 0.05) is 5.02 Å². The second-order valence-electron chi connectivity index (χ2n) is 6.93. The number of amides is 3. The van der Waals surface area contributed by atoms with E-state index in [0.29, 0.717) is 17.9 Å². The van der Waals surface area contributed by atoms with Crippen molar-refractivity contribution in [1.29, 1.82) is 0 Å². The molecular weight excluding hydrogens is 380 g/mol. The van der Waals surface area contributed by atoms with Gasteiger partial charge in [0.15, 0.2) is 0 Å². The SMILES string of the molecule is C[C@]1(CCc2ccccc2)NC(=O)N(CC(=O)OCc2ccc(Cl)cc2)C1=O. The van der Waals surface area contributed by atoms with Crippen LogP contribution in [0.1, 0.15) is 24.5 Å². The summed E-state index contributed by atoms with van der Waals surface area (Å²) < 4.78 is 5.17. The van der Waals surface area contributed by atoms with Gasteiger partial charge in [0.05, 0.1) is 0 Å². The summed E-state index contributed by atoms with van der Waals surface area (Å²) in [5.74, 6) is -1.07. The number of hydrogen-bond acceptors (Lipinski definition) is 4. The lowest BCUT2D eigenvalue weighted by Crippen LogP contribution is -2.44. The van der Waals surface area contributed by atoms with Crippen molar-refractivity contribution >= 4 is 29.5 Å². The van der Waals surface area contributed by atoms with Gasteiger partial charge in [-0.1, -0.05) is 54.1 Å². The van der Waals surface area contributed by atoms with Crippen LogP contribution in [0, 0.1) is 0 Å². The largest absolute Gasteiger partial charge is 0.459 e. The number of nitrogens with zero attached hydrogens (tertiary/aromatic N) is 1. The Morgan fingerprint density at radius 1 is 1.07 bits per heavy atom. The normalized spacial score (nSPS) is 18.9. The van der Waals surface area contributed by atoms with Crippen molar-refractivity contribution < 1.29 is 19.1 Å². The van der Waals surface area contributed by atoms with Gasteiger partial charge in [0.25, 0.3) is 5.91 Å². The molecule has 3 amide bonds. The lowest BCUT2D eigenvalue weighted by atomic mass is 9.93. The van der Waals surface area contributed by atoms with E-state index in [1.165, 1.54) is 0 Å². The monoisotopic (exact) mass is 400 g/mol. The minimum absolute atomic E-state index is 0.0466. The number of halogens is 1. The first kappa shape index (κ1) is 19.9. The zero-order chi connectivity index (χ0) is 20.1. The van der Waals surface area contributed by atoms with E-state index in [2.05, 4.69) is 5.32 Å². The molecule has 1 saturated heterocycles. The number of carbonyl (C=O) groups is 3. The van der Waals surface area contributed by atoms with Crippen LogP contribution in [-0.4, -0.2) is 34.9 Å². The van der Waals surface area contributed by atoms with Crippen molar-refractivity contribution in [2.45, 2.75) is 31.9 Å². The summed E-state index contributed by atoms with van der Waals surface area (Å²) in [4.78, 5) is 38.0. The second-order valence-corrected chi connectivity index (χ2v) is 7.36. The first-order valence-corrected chi connectivity index (χ1v) is 9.33. The fraction of sp³-hybridized carbons (Fsp3) is 0.286. The Morgan fingerprint density at radius 3 is 2.43 bits per heavy atom. The number of ether oxygens (including phenoxy) is 1. The highest BCUT2D eigenvalue weighted by Gasteiger charge is 2.48. The van der Waals surface area contributed by atoms with Gasteiger partial charge >= 0.3 is 12.0 Å². The number of rotatable bonds is 7. The molecule has 1 aliphatic heterocycles. The number of urea groups is 1. The fourth-order valence-electron chi connectivity index (χ4n) is 3.02. The van der Waals surface area contributed by atoms with Crippen LogP contribution in [0.2, 0.25) is 5.02 Å². The molecule has 0 unspecified atom stereocenters. The maximum Gasteiger partial charge on any atom is 0.326 e. The van der Waals surface area contributed by atoms with E-state index in [0.717, 1.165) is 16.0 Å². The van der Waals surface area contributed by atoms with Gasteiger partial charge < -0.3 is 10.1 Å². The molecular formula is C21H21ClN2O4. The Morgan fingerprint density at radius 2 is 1.75 bits per heavy atom. The number of imide groups is 1. The summed E-state index contributed by atoms with van der Waals surface area (Å²) in [7, 11) is 0. The molecule has 0 bridgehead atoms. The van der Waals surface area contributed by atoms with E-state index in [4.69, 9.17) is 16.3 Å². The van der Waals surface area contributed by atoms with Gasteiger partial charge in [-0.2, -0.15) is 0 Å². The number of hydrogen-bond donors (Lipinski definition) is 1. The van der Waals surface area contributed by atoms with Gasteiger partial charge in [0.1, 0.15) is 18.7 Å². The molecule has 2 aromatic rings. The average molecular weight is 401 g/mol. The second kappa shape index (κ2) is 8.44. The molecule has 0 saturated carbocycles. The van der Waals surface area contributed by atoms with E-state index in [-0.39, 0.29) is 6.61 Å². The zero-order valence-corrected chi connectivity index (χ0v) is 16.2. The summed E-state index contributed by atoms with van der Waals surface area (Å²) in [5.41, 5.74) is 0.804. The smallest absolute Gasteiger partial charge is 0.326 e. The molecule has 146 valence electrons. The standard InChI is InChI=1S/C21H21ClN2O4/c1-21(12-11-15-5-3-2-4-6-15)19(26)24(20(27)23-21)13-18(25)28-14-16-7-9-17(22)10-8-16/h2-10H,11-14H2,1H3,(H,23,27)/t21-/m1/s1. The van der Waals surface area contributed by atoms with Gasteiger partial charge in [-0.15, -0.1) is 0 Å². The molecule has 1 fully saturated rings. The van der Waals surface area contributed by atoms with Gasteiger partial charge in [-0.05, 0) is 43.0 Å². The molecule has 1 heterocycles. The highest BCUT2D eigenvalue weighted by Crippen LogP contribution is 2.23. The van der Waals surface area contributed by atoms with E-state index >= 15 is 0 Å². The van der Waals surface area contributed by atoms with Crippen molar-refractivity contribution in [2.75, 3.05) is 6.54 Å². The Kier molecular flexibility index (Phi) is 5.99. The Balaban J connectivity index is 1.55. The minimum atomic E-state index is -1.04. The molecule has 1 aliphatic rings. The third-order valence-corrected chi connectivity index (χ3v) is 4.95. The summed E-state index contributed by atoms with van der Waals surface area (Å²) in [5, 5.41) is 3.29. The number of aryl methyl sites for hydroxylation is 1. The van der Waals surface area contributed by atoms with Crippen molar-refractivity contribution in [3.8, 4) is 0 Å². The molecule has 0 radical (unpaired) electrons. The molecule has 3 rings (SSSR count). The minimum Gasteiger partial charge on any atom is -0.459 e. The van der Waals surface area contributed by atoms with E-state index in [9.17, 15) is 14.4 Å². The Hall–Kier alpha value is -2.86. The van der Waals surface area contributed by atoms with Gasteiger partial charge in [-0.3, -0.25) is 14.5 Å². The maximum atomic E-state index is 12.7. The van der Waals surface area contributed by atoms with Crippen LogP contribution in [-0.2, 0) is 27.4 Å². The first-order valence-electron chi connectivity index (χ1n) is 8.95. The molecule has 0 spiro atoms. The van der Waals surface area contributed by atoms with Crippen LogP contribution in [0.4, 0.5) is 4.79 Å². The van der Waals surface area contributed by atoms with Crippen LogP contribution < -0.4 is 5.32 Å². The van der Waals surface area contributed by atoms with E-state index < -0.39 is 30.0 Å². The quantitative estimate of drug-likeness (QED) is 0.571. The van der Waals surface area contributed by atoms with Crippen molar-refractivity contribution in [1.82, 2.24) is 10.2 Å². The van der Waals surface area contributed by atoms with Gasteiger partial charge in [0.2, 0.25) is 0 Å². The lowest BCUT2D eigenvalue weighted by Gasteiger charge is -2.21. The molecule has 6 nitrogen and oxygen atoms in total. The van der Waals surface area contributed by atoms with Crippen LogP contribution >= 0.6 is 11.6 Å². The molecule has 0 aliphatic carbocycles. The predicted molar refractivity (Wildman–Crippen MR) is 105 cm³/mol. The van der Waals surface area contributed by atoms with Crippen LogP contribution in [0.5, 0.6) is 0 Å². The summed E-state index contributed by atoms with van der Waals surface area (Å²) >= 11 is 5.81. The van der Waals surface area contributed by atoms with Crippen molar-refractivity contribution in [3.63, 3.8) is 0 Å². The summed E-state index contributed by atoms with van der Waals surface area (Å²) in [6.07, 6.45) is 1.08. The highest BCUT2D eigenvalue weighted by atomic mass is 35.5. The Labute approximate surface area is 168 Å².